The van der Waals surface area contributed by atoms with Crippen molar-refractivity contribution in [2.24, 2.45) is 0 Å². The van der Waals surface area contributed by atoms with Crippen LogP contribution in [0.1, 0.15) is 63.5 Å². The molecule has 1 aliphatic heterocycles. The number of benzene rings is 1. The standard InChI is InChI=1S/C23H32N4O3S/c1-16-19-13-12-18(31(2,29)30)15-20(19)26-23(24-16)27-14-8-11-21(27)22(28)25-17-9-6-4-3-5-7-10-17/h12-13,15,17,21H,3-11,14H2,1-2H3,(H,25,28). The van der Waals surface area contributed by atoms with Gasteiger partial charge in [-0.2, -0.15) is 0 Å². The summed E-state index contributed by atoms with van der Waals surface area (Å²) in [6.07, 6.45) is 11.1. The number of sulfone groups is 1. The van der Waals surface area contributed by atoms with Crippen LogP contribution in [0.15, 0.2) is 23.1 Å². The van der Waals surface area contributed by atoms with Crippen molar-refractivity contribution in [3.05, 3.63) is 23.9 Å². The number of hydrogen-bond donors (Lipinski definition) is 1. The van der Waals surface area contributed by atoms with Crippen molar-refractivity contribution in [3.63, 3.8) is 0 Å². The van der Waals surface area contributed by atoms with E-state index in [1.54, 1.807) is 18.2 Å². The van der Waals surface area contributed by atoms with Gasteiger partial charge in [-0.3, -0.25) is 4.79 Å². The summed E-state index contributed by atoms with van der Waals surface area (Å²) in [5.41, 5.74) is 1.38. The number of hydrogen-bond acceptors (Lipinski definition) is 6. The summed E-state index contributed by atoms with van der Waals surface area (Å²) in [5.74, 6) is 0.570. The Bertz CT molecular complexity index is 1060. The van der Waals surface area contributed by atoms with Gasteiger partial charge < -0.3 is 10.2 Å². The highest BCUT2D eigenvalue weighted by molar-refractivity contribution is 7.90. The Morgan fingerprint density at radius 2 is 1.74 bits per heavy atom. The zero-order chi connectivity index (χ0) is 22.0. The number of nitrogens with zero attached hydrogens (tertiary/aromatic N) is 3. The molecule has 0 spiro atoms. The fraction of sp³-hybridized carbons (Fsp3) is 0.609. The largest absolute Gasteiger partial charge is 0.352 e. The van der Waals surface area contributed by atoms with Crippen molar-refractivity contribution >= 4 is 32.6 Å². The molecule has 4 rings (SSSR count). The molecule has 168 valence electrons. The van der Waals surface area contributed by atoms with Gasteiger partial charge in [0.2, 0.25) is 11.9 Å². The SMILES string of the molecule is Cc1nc(N2CCCC2C(=O)NC2CCCCCCC2)nc2cc(S(C)(=O)=O)ccc12. The monoisotopic (exact) mass is 444 g/mol. The predicted molar refractivity (Wildman–Crippen MR) is 122 cm³/mol. The second-order valence-electron chi connectivity index (χ2n) is 8.96. The molecule has 2 aromatic rings. The fourth-order valence-electron chi connectivity index (χ4n) is 4.79. The van der Waals surface area contributed by atoms with Crippen LogP contribution in [0.2, 0.25) is 0 Å². The van der Waals surface area contributed by atoms with Gasteiger partial charge in [0.15, 0.2) is 9.84 Å². The highest BCUT2D eigenvalue weighted by Crippen LogP contribution is 2.27. The van der Waals surface area contributed by atoms with Crippen molar-refractivity contribution in [3.8, 4) is 0 Å². The molecule has 7 nitrogen and oxygen atoms in total. The molecule has 1 atom stereocenters. The van der Waals surface area contributed by atoms with Gasteiger partial charge >= 0.3 is 0 Å². The molecule has 1 amide bonds. The van der Waals surface area contributed by atoms with E-state index < -0.39 is 9.84 Å². The predicted octanol–water partition coefficient (Wildman–Crippen LogP) is 3.54. The van der Waals surface area contributed by atoms with Crippen LogP contribution < -0.4 is 10.2 Å². The van der Waals surface area contributed by atoms with Crippen molar-refractivity contribution in [1.29, 1.82) is 0 Å². The maximum absolute atomic E-state index is 13.1. The quantitative estimate of drug-likeness (QED) is 0.775. The summed E-state index contributed by atoms with van der Waals surface area (Å²) >= 11 is 0. The van der Waals surface area contributed by atoms with Gasteiger partial charge in [-0.25, -0.2) is 18.4 Å². The minimum absolute atomic E-state index is 0.0642. The molecular formula is C23H32N4O3S. The number of aryl methyl sites for hydroxylation is 1. The van der Waals surface area contributed by atoms with Gasteiger partial charge in [-0.15, -0.1) is 0 Å². The maximum Gasteiger partial charge on any atom is 0.243 e. The zero-order valence-corrected chi connectivity index (χ0v) is 19.2. The van der Waals surface area contributed by atoms with Gasteiger partial charge in [0.25, 0.3) is 0 Å². The lowest BCUT2D eigenvalue weighted by atomic mass is 9.96. The summed E-state index contributed by atoms with van der Waals surface area (Å²) in [6.45, 7) is 2.62. The molecule has 1 saturated heterocycles. The van der Waals surface area contributed by atoms with Crippen LogP contribution in [0, 0.1) is 6.92 Å². The molecule has 1 N–H and O–H groups in total. The molecule has 2 aliphatic rings. The number of fused-ring (bicyclic) bond motifs is 1. The van der Waals surface area contributed by atoms with Gasteiger partial charge in [0.1, 0.15) is 6.04 Å². The molecular weight excluding hydrogens is 412 g/mol. The van der Waals surface area contributed by atoms with Crippen LogP contribution in [0.4, 0.5) is 5.95 Å². The van der Waals surface area contributed by atoms with E-state index in [0.717, 1.165) is 43.3 Å². The lowest BCUT2D eigenvalue weighted by Gasteiger charge is -2.27. The lowest BCUT2D eigenvalue weighted by molar-refractivity contribution is -0.123. The Balaban J connectivity index is 1.57. The average molecular weight is 445 g/mol. The number of carbonyl (C=O) groups excluding carboxylic acids is 1. The van der Waals surface area contributed by atoms with Crippen LogP contribution in [0.5, 0.6) is 0 Å². The van der Waals surface area contributed by atoms with E-state index in [9.17, 15) is 13.2 Å². The molecule has 1 aromatic heterocycles. The van der Waals surface area contributed by atoms with Crippen LogP contribution in [-0.2, 0) is 14.6 Å². The van der Waals surface area contributed by atoms with Gasteiger partial charge in [0.05, 0.1) is 16.1 Å². The van der Waals surface area contributed by atoms with E-state index in [-0.39, 0.29) is 22.9 Å². The van der Waals surface area contributed by atoms with E-state index in [0.29, 0.717) is 11.5 Å². The Kier molecular flexibility index (Phi) is 6.46. The molecule has 2 heterocycles. The number of nitrogens with one attached hydrogen (secondary N) is 1. The first-order valence-corrected chi connectivity index (χ1v) is 13.3. The minimum Gasteiger partial charge on any atom is -0.352 e. The lowest BCUT2D eigenvalue weighted by Crippen LogP contribution is -2.47. The van der Waals surface area contributed by atoms with Crippen LogP contribution >= 0.6 is 0 Å². The maximum atomic E-state index is 13.1. The van der Waals surface area contributed by atoms with Crippen LogP contribution in [-0.4, -0.2) is 49.2 Å². The first-order valence-electron chi connectivity index (χ1n) is 11.4. The molecule has 2 fully saturated rings. The fourth-order valence-corrected chi connectivity index (χ4v) is 5.43. The molecule has 0 radical (unpaired) electrons. The van der Waals surface area contributed by atoms with Gasteiger partial charge in [0, 0.05) is 24.2 Å². The summed E-state index contributed by atoms with van der Waals surface area (Å²) in [5, 5.41) is 4.12. The highest BCUT2D eigenvalue weighted by Gasteiger charge is 2.33. The summed E-state index contributed by atoms with van der Waals surface area (Å²) < 4.78 is 23.9. The molecule has 8 heteroatoms. The Morgan fingerprint density at radius 1 is 1.03 bits per heavy atom. The summed E-state index contributed by atoms with van der Waals surface area (Å²) in [4.78, 5) is 24.7. The number of carbonyl (C=O) groups is 1. The second-order valence-corrected chi connectivity index (χ2v) is 11.0. The van der Waals surface area contributed by atoms with E-state index in [4.69, 9.17) is 0 Å². The van der Waals surface area contributed by atoms with E-state index >= 15 is 0 Å². The first kappa shape index (κ1) is 22.0. The summed E-state index contributed by atoms with van der Waals surface area (Å²) in [7, 11) is -3.32. The Morgan fingerprint density at radius 3 is 2.45 bits per heavy atom. The van der Waals surface area contributed by atoms with Crippen molar-refractivity contribution < 1.29 is 13.2 Å². The molecule has 0 bridgehead atoms. The number of aromatic nitrogens is 2. The van der Waals surface area contributed by atoms with Gasteiger partial charge in [-0.1, -0.05) is 32.1 Å². The number of anilines is 1. The minimum atomic E-state index is -3.32. The van der Waals surface area contributed by atoms with E-state index in [1.807, 2.05) is 11.8 Å². The molecule has 1 aromatic carbocycles. The number of rotatable bonds is 4. The van der Waals surface area contributed by atoms with Crippen molar-refractivity contribution in [2.45, 2.75) is 81.7 Å². The topological polar surface area (TPSA) is 92.3 Å². The smallest absolute Gasteiger partial charge is 0.243 e. The third kappa shape index (κ3) is 5.00. The second kappa shape index (κ2) is 9.10. The summed E-state index contributed by atoms with van der Waals surface area (Å²) in [6, 6.07) is 4.93. The molecule has 1 saturated carbocycles. The molecule has 31 heavy (non-hydrogen) atoms. The van der Waals surface area contributed by atoms with Crippen LogP contribution in [0.3, 0.4) is 0 Å². The Hall–Kier alpha value is -2.22. The van der Waals surface area contributed by atoms with E-state index in [2.05, 4.69) is 15.3 Å². The first-order chi connectivity index (χ1) is 14.8. The van der Waals surface area contributed by atoms with Crippen molar-refractivity contribution in [1.82, 2.24) is 15.3 Å². The van der Waals surface area contributed by atoms with E-state index in [1.165, 1.54) is 38.4 Å². The third-order valence-electron chi connectivity index (χ3n) is 6.54. The number of amides is 1. The molecule has 1 unspecified atom stereocenters. The van der Waals surface area contributed by atoms with Gasteiger partial charge in [-0.05, 0) is 50.8 Å². The average Bonchev–Trinajstić information content (AvgIpc) is 3.19. The third-order valence-corrected chi connectivity index (χ3v) is 7.65. The normalized spacial score (nSPS) is 21.1. The van der Waals surface area contributed by atoms with Crippen molar-refractivity contribution in [2.75, 3.05) is 17.7 Å². The Labute approximate surface area is 184 Å². The molecule has 1 aliphatic carbocycles. The van der Waals surface area contributed by atoms with Crippen LogP contribution in [0.25, 0.3) is 10.9 Å². The highest BCUT2D eigenvalue weighted by atomic mass is 32.2. The zero-order valence-electron chi connectivity index (χ0n) is 18.4.